The Balaban J connectivity index is 2.03. The number of rotatable bonds is 3. The summed E-state index contributed by atoms with van der Waals surface area (Å²) in [6, 6.07) is 12.6. The van der Waals surface area contributed by atoms with Gasteiger partial charge in [-0.1, -0.05) is 36.4 Å². The van der Waals surface area contributed by atoms with Crippen LogP contribution in [-0.2, 0) is 11.2 Å². The van der Waals surface area contributed by atoms with E-state index in [2.05, 4.69) is 0 Å². The number of halogens is 1. The second-order valence-corrected chi connectivity index (χ2v) is 5.58. The van der Waals surface area contributed by atoms with Crippen molar-refractivity contribution < 1.29 is 14.3 Å². The van der Waals surface area contributed by atoms with E-state index in [1.54, 1.807) is 12.1 Å². The minimum Gasteiger partial charge on any atom is -0.481 e. The maximum atomic E-state index is 13.9. The van der Waals surface area contributed by atoms with Crippen LogP contribution in [0.25, 0.3) is 11.1 Å². The molecule has 0 radical (unpaired) electrons. The fourth-order valence-electron chi connectivity index (χ4n) is 3.18. The van der Waals surface area contributed by atoms with Crippen molar-refractivity contribution in [1.82, 2.24) is 0 Å². The Bertz CT molecular complexity index is 679. The van der Waals surface area contributed by atoms with E-state index in [4.69, 9.17) is 5.11 Å². The maximum Gasteiger partial charge on any atom is 0.303 e. The maximum absolute atomic E-state index is 13.9. The van der Waals surface area contributed by atoms with Crippen molar-refractivity contribution in [3.8, 4) is 11.1 Å². The minimum absolute atomic E-state index is 0.0398. The molecule has 1 aliphatic rings. The lowest BCUT2D eigenvalue weighted by Crippen LogP contribution is -2.13. The second kappa shape index (κ2) is 5.68. The van der Waals surface area contributed by atoms with Crippen LogP contribution < -0.4 is 0 Å². The van der Waals surface area contributed by atoms with Crippen LogP contribution in [-0.4, -0.2) is 11.1 Å². The average Bonchev–Trinajstić information content (AvgIpc) is 2.47. The van der Waals surface area contributed by atoms with E-state index in [1.807, 2.05) is 24.3 Å². The highest BCUT2D eigenvalue weighted by molar-refractivity contribution is 5.70. The molecule has 0 heterocycles. The van der Waals surface area contributed by atoms with Crippen LogP contribution in [0.2, 0.25) is 0 Å². The SMILES string of the molecule is O=C(O)CC1CCCc2ccc(-c3ccccc3F)cc21. The predicted octanol–water partition coefficient (Wildman–Crippen LogP) is 4.39. The molecule has 0 saturated heterocycles. The third-order valence-electron chi connectivity index (χ3n) is 4.19. The highest BCUT2D eigenvalue weighted by Crippen LogP contribution is 2.37. The van der Waals surface area contributed by atoms with Crippen molar-refractivity contribution in [2.45, 2.75) is 31.6 Å². The summed E-state index contributed by atoms with van der Waals surface area (Å²) in [6.45, 7) is 0. The molecule has 0 aromatic heterocycles. The van der Waals surface area contributed by atoms with Gasteiger partial charge in [-0.15, -0.1) is 0 Å². The van der Waals surface area contributed by atoms with E-state index in [-0.39, 0.29) is 18.2 Å². The van der Waals surface area contributed by atoms with E-state index in [9.17, 15) is 9.18 Å². The lowest BCUT2D eigenvalue weighted by Gasteiger charge is -2.25. The fourth-order valence-corrected chi connectivity index (χ4v) is 3.18. The van der Waals surface area contributed by atoms with Crippen molar-refractivity contribution >= 4 is 5.97 Å². The number of aryl methyl sites for hydroxylation is 1. The normalized spacial score (nSPS) is 17.3. The molecule has 2 aromatic rings. The molecule has 0 fully saturated rings. The molecule has 0 spiro atoms. The largest absolute Gasteiger partial charge is 0.481 e. The molecule has 3 rings (SSSR count). The summed E-state index contributed by atoms with van der Waals surface area (Å²) in [5.41, 5.74) is 3.67. The third kappa shape index (κ3) is 2.82. The molecule has 1 N–H and O–H groups in total. The minimum atomic E-state index is -0.774. The van der Waals surface area contributed by atoms with Gasteiger partial charge in [0, 0.05) is 5.56 Å². The molecule has 2 nitrogen and oxygen atoms in total. The molecule has 1 aliphatic carbocycles. The Labute approximate surface area is 123 Å². The molecule has 0 amide bonds. The summed E-state index contributed by atoms with van der Waals surface area (Å²) >= 11 is 0. The van der Waals surface area contributed by atoms with Crippen LogP contribution in [0.5, 0.6) is 0 Å². The van der Waals surface area contributed by atoms with Crippen LogP contribution in [0.15, 0.2) is 42.5 Å². The molecule has 3 heteroatoms. The Morgan fingerprint density at radius 3 is 2.81 bits per heavy atom. The first-order valence-corrected chi connectivity index (χ1v) is 7.24. The van der Waals surface area contributed by atoms with Gasteiger partial charge in [-0.25, -0.2) is 4.39 Å². The van der Waals surface area contributed by atoms with E-state index >= 15 is 0 Å². The first kappa shape index (κ1) is 13.8. The molecule has 1 unspecified atom stereocenters. The molecule has 0 aliphatic heterocycles. The van der Waals surface area contributed by atoms with Crippen LogP contribution in [0, 0.1) is 5.82 Å². The standard InChI is InChI=1S/C18H17FO2/c19-17-7-2-1-6-15(17)14-9-8-12-4-3-5-13(11-18(20)21)16(12)10-14/h1-2,6-10,13H,3-5,11H2,(H,20,21). The molecule has 0 saturated carbocycles. The molecule has 21 heavy (non-hydrogen) atoms. The van der Waals surface area contributed by atoms with Crippen LogP contribution in [0.4, 0.5) is 4.39 Å². The van der Waals surface area contributed by atoms with Gasteiger partial charge in [0.05, 0.1) is 6.42 Å². The topological polar surface area (TPSA) is 37.3 Å². The molecule has 1 atom stereocenters. The summed E-state index contributed by atoms with van der Waals surface area (Å²) in [5.74, 6) is -0.981. The van der Waals surface area contributed by atoms with Crippen molar-refractivity contribution in [2.24, 2.45) is 0 Å². The highest BCUT2D eigenvalue weighted by Gasteiger charge is 2.23. The zero-order valence-corrected chi connectivity index (χ0v) is 11.7. The van der Waals surface area contributed by atoms with Gasteiger partial charge in [-0.05, 0) is 47.9 Å². The van der Waals surface area contributed by atoms with E-state index in [0.29, 0.717) is 5.56 Å². The van der Waals surface area contributed by atoms with Gasteiger partial charge >= 0.3 is 5.97 Å². The van der Waals surface area contributed by atoms with Crippen molar-refractivity contribution in [3.05, 3.63) is 59.4 Å². The zero-order valence-electron chi connectivity index (χ0n) is 11.7. The Hall–Kier alpha value is -2.16. The van der Waals surface area contributed by atoms with E-state index < -0.39 is 5.97 Å². The summed E-state index contributed by atoms with van der Waals surface area (Å²) in [5, 5.41) is 9.06. The van der Waals surface area contributed by atoms with Gasteiger partial charge < -0.3 is 5.11 Å². The number of benzene rings is 2. The number of aliphatic carboxylic acids is 1. The average molecular weight is 284 g/mol. The second-order valence-electron chi connectivity index (χ2n) is 5.58. The predicted molar refractivity (Wildman–Crippen MR) is 79.8 cm³/mol. The van der Waals surface area contributed by atoms with Gasteiger partial charge in [-0.2, -0.15) is 0 Å². The number of carbonyl (C=O) groups is 1. The Kier molecular flexibility index (Phi) is 3.74. The van der Waals surface area contributed by atoms with Gasteiger partial charge in [-0.3, -0.25) is 4.79 Å². The molecule has 0 bridgehead atoms. The smallest absolute Gasteiger partial charge is 0.303 e. The highest BCUT2D eigenvalue weighted by atomic mass is 19.1. The molecular weight excluding hydrogens is 267 g/mol. The number of hydrogen-bond acceptors (Lipinski definition) is 1. The van der Waals surface area contributed by atoms with Gasteiger partial charge in [0.2, 0.25) is 0 Å². The first-order chi connectivity index (χ1) is 10.1. The monoisotopic (exact) mass is 284 g/mol. The van der Waals surface area contributed by atoms with Crippen LogP contribution >= 0.6 is 0 Å². The summed E-state index contributed by atoms with van der Waals surface area (Å²) in [4.78, 5) is 11.0. The van der Waals surface area contributed by atoms with E-state index in [0.717, 1.165) is 30.4 Å². The Morgan fingerprint density at radius 1 is 1.24 bits per heavy atom. The summed E-state index contributed by atoms with van der Waals surface area (Å²) in [6.07, 6.45) is 3.03. The van der Waals surface area contributed by atoms with Gasteiger partial charge in [0.25, 0.3) is 0 Å². The number of carboxylic acid groups (broad SMARTS) is 1. The first-order valence-electron chi connectivity index (χ1n) is 7.24. The number of carboxylic acids is 1. The van der Waals surface area contributed by atoms with Crippen LogP contribution in [0.1, 0.15) is 36.3 Å². The van der Waals surface area contributed by atoms with Gasteiger partial charge in [0.1, 0.15) is 5.82 Å². The van der Waals surface area contributed by atoms with Crippen molar-refractivity contribution in [2.75, 3.05) is 0 Å². The van der Waals surface area contributed by atoms with Crippen LogP contribution in [0.3, 0.4) is 0 Å². The Morgan fingerprint density at radius 2 is 2.05 bits per heavy atom. The fraction of sp³-hybridized carbons (Fsp3) is 0.278. The molecule has 108 valence electrons. The number of hydrogen-bond donors (Lipinski definition) is 1. The third-order valence-corrected chi connectivity index (χ3v) is 4.19. The molecule has 2 aromatic carbocycles. The molecular formula is C18H17FO2. The lowest BCUT2D eigenvalue weighted by atomic mass is 9.80. The quantitative estimate of drug-likeness (QED) is 0.907. The summed E-state index contributed by atoms with van der Waals surface area (Å²) < 4.78 is 13.9. The van der Waals surface area contributed by atoms with E-state index in [1.165, 1.54) is 11.6 Å². The van der Waals surface area contributed by atoms with Crippen molar-refractivity contribution in [3.63, 3.8) is 0 Å². The number of fused-ring (bicyclic) bond motifs is 1. The lowest BCUT2D eigenvalue weighted by molar-refractivity contribution is -0.137. The summed E-state index contributed by atoms with van der Waals surface area (Å²) in [7, 11) is 0. The van der Waals surface area contributed by atoms with Crippen molar-refractivity contribution in [1.29, 1.82) is 0 Å². The van der Waals surface area contributed by atoms with Gasteiger partial charge in [0.15, 0.2) is 0 Å². The zero-order chi connectivity index (χ0) is 14.8.